The van der Waals surface area contributed by atoms with Crippen molar-refractivity contribution in [1.82, 2.24) is 5.16 Å². The van der Waals surface area contributed by atoms with E-state index in [0.29, 0.717) is 5.56 Å². The number of nitrogens with zero attached hydrogens (tertiary/aromatic N) is 1. The van der Waals surface area contributed by atoms with E-state index in [1.165, 1.54) is 18.4 Å². The number of hydrogen-bond acceptors (Lipinski definition) is 4. The Morgan fingerprint density at radius 2 is 2.00 bits per heavy atom. The number of anilines is 1. The first-order chi connectivity index (χ1) is 7.59. The molecular weight excluding hydrogens is 228 g/mol. The highest BCUT2D eigenvalue weighted by molar-refractivity contribution is 7.92. The van der Waals surface area contributed by atoms with Gasteiger partial charge in [-0.1, -0.05) is 23.4 Å². The van der Waals surface area contributed by atoms with Crippen LogP contribution in [0.4, 0.5) is 5.82 Å². The maximum absolute atomic E-state index is 11.9. The summed E-state index contributed by atoms with van der Waals surface area (Å²) in [7, 11) is -3.59. The number of sulfonamides is 1. The minimum absolute atomic E-state index is 0.170. The summed E-state index contributed by atoms with van der Waals surface area (Å²) in [4.78, 5) is 0.234. The molecule has 0 saturated heterocycles. The highest BCUT2D eigenvalue weighted by Gasteiger charge is 2.17. The molecule has 16 heavy (non-hydrogen) atoms. The van der Waals surface area contributed by atoms with E-state index in [4.69, 9.17) is 0 Å². The zero-order valence-corrected chi connectivity index (χ0v) is 9.36. The van der Waals surface area contributed by atoms with E-state index in [1.807, 2.05) is 0 Å². The molecule has 1 heterocycles. The molecule has 2 rings (SSSR count). The van der Waals surface area contributed by atoms with Gasteiger partial charge in [0.15, 0.2) is 5.82 Å². The molecule has 0 bridgehead atoms. The molecule has 5 nitrogen and oxygen atoms in total. The van der Waals surface area contributed by atoms with Crippen molar-refractivity contribution in [3.05, 3.63) is 42.2 Å². The van der Waals surface area contributed by atoms with E-state index in [-0.39, 0.29) is 10.7 Å². The average Bonchev–Trinajstić information content (AvgIpc) is 2.70. The first kappa shape index (κ1) is 10.7. The van der Waals surface area contributed by atoms with Crippen molar-refractivity contribution < 1.29 is 12.9 Å². The van der Waals surface area contributed by atoms with E-state index in [9.17, 15) is 8.42 Å². The van der Waals surface area contributed by atoms with Crippen LogP contribution >= 0.6 is 0 Å². The van der Waals surface area contributed by atoms with Gasteiger partial charge in [0, 0.05) is 6.07 Å². The van der Waals surface area contributed by atoms with Gasteiger partial charge in [0.2, 0.25) is 0 Å². The molecule has 0 unspecified atom stereocenters. The van der Waals surface area contributed by atoms with Gasteiger partial charge in [-0.3, -0.25) is 4.72 Å². The molecule has 1 aromatic heterocycles. The molecule has 0 radical (unpaired) electrons. The predicted octanol–water partition coefficient (Wildman–Crippen LogP) is 1.78. The Kier molecular flexibility index (Phi) is 2.66. The summed E-state index contributed by atoms with van der Waals surface area (Å²) >= 11 is 0. The first-order valence-corrected chi connectivity index (χ1v) is 6.07. The fourth-order valence-corrected chi connectivity index (χ4v) is 2.56. The summed E-state index contributed by atoms with van der Waals surface area (Å²) in [5.74, 6) is 0.170. The lowest BCUT2D eigenvalue weighted by Crippen LogP contribution is -2.14. The van der Waals surface area contributed by atoms with Gasteiger partial charge in [0.05, 0.1) is 4.90 Å². The summed E-state index contributed by atoms with van der Waals surface area (Å²) in [5.41, 5.74) is 0.679. The summed E-state index contributed by atoms with van der Waals surface area (Å²) in [5, 5.41) is 3.49. The van der Waals surface area contributed by atoms with Crippen LogP contribution in [0.1, 0.15) is 5.56 Å². The van der Waals surface area contributed by atoms with Crippen LogP contribution in [0.25, 0.3) is 0 Å². The molecule has 0 amide bonds. The second-order valence-corrected chi connectivity index (χ2v) is 4.91. The number of rotatable bonds is 3. The minimum atomic E-state index is -3.59. The van der Waals surface area contributed by atoms with Crippen LogP contribution < -0.4 is 4.72 Å². The zero-order chi connectivity index (χ0) is 11.6. The number of nitrogens with one attached hydrogen (secondary N) is 1. The maximum Gasteiger partial charge on any atom is 0.263 e. The zero-order valence-electron chi connectivity index (χ0n) is 8.54. The van der Waals surface area contributed by atoms with Crippen LogP contribution in [-0.2, 0) is 10.0 Å². The van der Waals surface area contributed by atoms with Crippen LogP contribution in [0, 0.1) is 6.92 Å². The van der Waals surface area contributed by atoms with Crippen molar-refractivity contribution in [1.29, 1.82) is 0 Å². The van der Waals surface area contributed by atoms with Crippen molar-refractivity contribution >= 4 is 15.8 Å². The van der Waals surface area contributed by atoms with E-state index < -0.39 is 10.0 Å². The van der Waals surface area contributed by atoms with Crippen molar-refractivity contribution in [2.24, 2.45) is 0 Å². The molecule has 0 aliphatic rings. The monoisotopic (exact) mass is 238 g/mol. The molecule has 84 valence electrons. The Balaban J connectivity index is 2.37. The maximum atomic E-state index is 11.9. The van der Waals surface area contributed by atoms with Gasteiger partial charge in [-0.15, -0.1) is 0 Å². The van der Waals surface area contributed by atoms with Crippen LogP contribution in [0.3, 0.4) is 0 Å². The van der Waals surface area contributed by atoms with E-state index in [1.54, 1.807) is 25.1 Å². The van der Waals surface area contributed by atoms with Crippen molar-refractivity contribution in [3.8, 4) is 0 Å². The van der Waals surface area contributed by atoms with Gasteiger partial charge < -0.3 is 4.52 Å². The Labute approximate surface area is 93.1 Å². The molecule has 2 aromatic rings. The summed E-state index contributed by atoms with van der Waals surface area (Å²) in [6.07, 6.45) is 1.30. The van der Waals surface area contributed by atoms with Crippen molar-refractivity contribution in [2.75, 3.05) is 4.72 Å². The lowest BCUT2D eigenvalue weighted by Gasteiger charge is -2.07. The summed E-state index contributed by atoms with van der Waals surface area (Å²) < 4.78 is 30.7. The number of benzene rings is 1. The second-order valence-electron chi connectivity index (χ2n) is 3.26. The predicted molar refractivity (Wildman–Crippen MR) is 58.5 cm³/mol. The highest BCUT2D eigenvalue weighted by Crippen LogP contribution is 2.17. The fraction of sp³-hybridized carbons (Fsp3) is 0.100. The highest BCUT2D eigenvalue weighted by atomic mass is 32.2. The first-order valence-electron chi connectivity index (χ1n) is 4.58. The molecule has 0 aliphatic carbocycles. The Hall–Kier alpha value is -1.82. The third-order valence-corrected chi connectivity index (χ3v) is 3.57. The number of aryl methyl sites for hydroxylation is 1. The lowest BCUT2D eigenvalue weighted by atomic mass is 10.2. The molecule has 0 atom stereocenters. The topological polar surface area (TPSA) is 72.2 Å². The van der Waals surface area contributed by atoms with Crippen molar-refractivity contribution in [3.63, 3.8) is 0 Å². The third-order valence-electron chi connectivity index (χ3n) is 2.06. The third kappa shape index (κ3) is 2.06. The van der Waals surface area contributed by atoms with Crippen LogP contribution in [0.5, 0.6) is 0 Å². The Morgan fingerprint density at radius 3 is 2.62 bits per heavy atom. The van der Waals surface area contributed by atoms with Gasteiger partial charge in [-0.05, 0) is 18.6 Å². The van der Waals surface area contributed by atoms with Crippen molar-refractivity contribution in [2.45, 2.75) is 11.8 Å². The second kappa shape index (κ2) is 3.97. The molecule has 0 aliphatic heterocycles. The van der Waals surface area contributed by atoms with Crippen LogP contribution in [0.15, 0.2) is 46.0 Å². The SMILES string of the molecule is Cc1ccccc1S(=O)(=O)Nc1ccon1. The molecular formula is C10H10N2O3S. The fourth-order valence-electron chi connectivity index (χ4n) is 1.32. The molecule has 1 aromatic carbocycles. The van der Waals surface area contributed by atoms with E-state index in [0.717, 1.165) is 0 Å². The van der Waals surface area contributed by atoms with Crippen LogP contribution in [-0.4, -0.2) is 13.6 Å². The van der Waals surface area contributed by atoms with Crippen LogP contribution in [0.2, 0.25) is 0 Å². The lowest BCUT2D eigenvalue weighted by molar-refractivity contribution is 0.423. The van der Waals surface area contributed by atoms with Gasteiger partial charge >= 0.3 is 0 Å². The van der Waals surface area contributed by atoms with E-state index in [2.05, 4.69) is 14.4 Å². The summed E-state index contributed by atoms with van der Waals surface area (Å²) in [6, 6.07) is 8.17. The molecule has 6 heteroatoms. The Morgan fingerprint density at radius 1 is 1.25 bits per heavy atom. The Bertz CT molecular complexity index is 576. The molecule has 1 N–H and O–H groups in total. The summed E-state index contributed by atoms with van der Waals surface area (Å²) in [6.45, 7) is 1.73. The average molecular weight is 238 g/mol. The largest absolute Gasteiger partial charge is 0.363 e. The van der Waals surface area contributed by atoms with Gasteiger partial charge in [0.1, 0.15) is 6.26 Å². The smallest absolute Gasteiger partial charge is 0.263 e. The van der Waals surface area contributed by atoms with E-state index >= 15 is 0 Å². The van der Waals surface area contributed by atoms with Gasteiger partial charge in [-0.25, -0.2) is 8.42 Å². The molecule has 0 saturated carbocycles. The quantitative estimate of drug-likeness (QED) is 0.884. The minimum Gasteiger partial charge on any atom is -0.363 e. The standard InChI is InChI=1S/C10H10N2O3S/c1-8-4-2-3-5-9(8)16(13,14)12-10-6-7-15-11-10/h2-7H,1H3,(H,11,12). The molecule has 0 fully saturated rings. The van der Waals surface area contributed by atoms with Gasteiger partial charge in [-0.2, -0.15) is 0 Å². The normalized spacial score (nSPS) is 11.3. The van der Waals surface area contributed by atoms with Gasteiger partial charge in [0.25, 0.3) is 10.0 Å². The number of aromatic nitrogens is 1. The number of hydrogen-bond donors (Lipinski definition) is 1. The molecule has 0 spiro atoms.